The Morgan fingerprint density at radius 2 is 1.63 bits per heavy atom. The molecule has 0 saturated carbocycles. The number of Topliss-reactive ketones (excluding diaryl/α,β-unsaturated/α-hetero) is 1. The average molecular weight is 391 g/mol. The predicted octanol–water partition coefficient (Wildman–Crippen LogP) is 5.67. The van der Waals surface area contributed by atoms with E-state index < -0.39 is 13.7 Å². The van der Waals surface area contributed by atoms with Crippen LogP contribution in [0.15, 0.2) is 24.3 Å². The van der Waals surface area contributed by atoms with E-state index in [2.05, 4.69) is 33.9 Å². The SMILES string of the molecule is COc1cc(/C=C/C(=O)CC(=O)C(C)(C)C)ccc1O[Si](C)(C)C(C)(C)C. The van der Waals surface area contributed by atoms with Gasteiger partial charge in [-0.2, -0.15) is 0 Å². The molecule has 0 unspecified atom stereocenters. The number of carbonyl (C=O) groups excluding carboxylic acids is 2. The highest BCUT2D eigenvalue weighted by Crippen LogP contribution is 2.40. The number of hydrogen-bond donors (Lipinski definition) is 0. The third kappa shape index (κ3) is 6.65. The van der Waals surface area contributed by atoms with E-state index in [1.165, 1.54) is 6.08 Å². The van der Waals surface area contributed by atoms with E-state index >= 15 is 0 Å². The van der Waals surface area contributed by atoms with Gasteiger partial charge in [-0.15, -0.1) is 0 Å². The summed E-state index contributed by atoms with van der Waals surface area (Å²) in [5, 5.41) is 0.0859. The highest BCUT2D eigenvalue weighted by molar-refractivity contribution is 6.74. The summed E-state index contributed by atoms with van der Waals surface area (Å²) < 4.78 is 11.8. The Morgan fingerprint density at radius 1 is 1.04 bits per heavy atom. The van der Waals surface area contributed by atoms with Crippen molar-refractivity contribution in [3.8, 4) is 11.5 Å². The molecule has 0 N–H and O–H groups in total. The van der Waals surface area contributed by atoms with Gasteiger partial charge in [0.25, 0.3) is 8.32 Å². The van der Waals surface area contributed by atoms with Gasteiger partial charge in [-0.05, 0) is 41.9 Å². The number of hydrogen-bond acceptors (Lipinski definition) is 4. The first-order chi connectivity index (χ1) is 12.2. The molecule has 0 bridgehead atoms. The zero-order valence-electron chi connectivity index (χ0n) is 18.2. The largest absolute Gasteiger partial charge is 0.541 e. The van der Waals surface area contributed by atoms with E-state index in [0.717, 1.165) is 11.3 Å². The Bertz CT molecular complexity index is 719. The lowest BCUT2D eigenvalue weighted by Crippen LogP contribution is -2.43. The van der Waals surface area contributed by atoms with Crippen molar-refractivity contribution in [1.82, 2.24) is 0 Å². The summed E-state index contributed by atoms with van der Waals surface area (Å²) in [4.78, 5) is 24.0. The van der Waals surface area contributed by atoms with Gasteiger partial charge in [0.1, 0.15) is 11.5 Å². The Hall–Kier alpha value is -1.88. The number of allylic oxidation sites excluding steroid dienone is 1. The topological polar surface area (TPSA) is 52.6 Å². The zero-order chi connectivity index (χ0) is 21.0. The van der Waals surface area contributed by atoms with Crippen molar-refractivity contribution < 1.29 is 18.8 Å². The molecule has 27 heavy (non-hydrogen) atoms. The standard InChI is InChI=1S/C22H34O4Si/c1-21(2,3)20(24)15-17(23)12-10-16-11-13-18(19(14-16)25-7)26-27(8,9)22(4,5)6/h10-14H,15H2,1-9H3/b12-10+. The van der Waals surface area contributed by atoms with Gasteiger partial charge in [0, 0.05) is 5.41 Å². The Kier molecular flexibility index (Phi) is 7.22. The maximum atomic E-state index is 12.0. The second-order valence-corrected chi connectivity index (χ2v) is 14.1. The second-order valence-electron chi connectivity index (χ2n) is 9.42. The highest BCUT2D eigenvalue weighted by atomic mass is 28.4. The zero-order valence-corrected chi connectivity index (χ0v) is 19.2. The van der Waals surface area contributed by atoms with Gasteiger partial charge in [0.2, 0.25) is 0 Å². The van der Waals surface area contributed by atoms with Crippen molar-refractivity contribution in [3.63, 3.8) is 0 Å². The predicted molar refractivity (Wildman–Crippen MR) is 114 cm³/mol. The Morgan fingerprint density at radius 3 is 2.11 bits per heavy atom. The monoisotopic (exact) mass is 390 g/mol. The molecule has 0 amide bonds. The van der Waals surface area contributed by atoms with Crippen LogP contribution in [0.2, 0.25) is 18.1 Å². The van der Waals surface area contributed by atoms with Gasteiger partial charge in [0.15, 0.2) is 11.5 Å². The van der Waals surface area contributed by atoms with E-state index in [4.69, 9.17) is 9.16 Å². The quantitative estimate of drug-likeness (QED) is 0.342. The summed E-state index contributed by atoms with van der Waals surface area (Å²) in [6.45, 7) is 16.4. The molecule has 0 aliphatic heterocycles. The summed E-state index contributed by atoms with van der Waals surface area (Å²) in [6.07, 6.45) is 3.08. The Balaban J connectivity index is 2.94. The molecule has 1 rings (SSSR count). The molecule has 1 aromatic rings. The molecule has 0 spiro atoms. The van der Waals surface area contributed by atoms with Gasteiger partial charge in [-0.1, -0.05) is 53.7 Å². The van der Waals surface area contributed by atoms with Crippen LogP contribution in [-0.2, 0) is 9.59 Å². The van der Waals surface area contributed by atoms with E-state index in [1.54, 1.807) is 13.2 Å². The van der Waals surface area contributed by atoms with Crippen molar-refractivity contribution in [1.29, 1.82) is 0 Å². The molecule has 0 atom stereocenters. The van der Waals surface area contributed by atoms with Gasteiger partial charge in [-0.3, -0.25) is 9.59 Å². The number of rotatable bonds is 7. The van der Waals surface area contributed by atoms with Crippen molar-refractivity contribution >= 4 is 26.0 Å². The lowest BCUT2D eigenvalue weighted by molar-refractivity contribution is -0.130. The molecule has 0 aromatic heterocycles. The molecule has 0 aliphatic rings. The smallest absolute Gasteiger partial charge is 0.250 e. The lowest BCUT2D eigenvalue weighted by Gasteiger charge is -2.36. The minimum absolute atomic E-state index is 0.0622. The van der Waals surface area contributed by atoms with Crippen LogP contribution in [0.3, 0.4) is 0 Å². The van der Waals surface area contributed by atoms with Crippen LogP contribution in [0.5, 0.6) is 11.5 Å². The van der Waals surface area contributed by atoms with Crippen LogP contribution in [0.4, 0.5) is 0 Å². The third-order valence-corrected chi connectivity index (χ3v) is 9.33. The first kappa shape index (κ1) is 23.2. The molecule has 4 nitrogen and oxygen atoms in total. The van der Waals surface area contributed by atoms with Gasteiger partial charge in [0.05, 0.1) is 13.5 Å². The molecule has 150 valence electrons. The van der Waals surface area contributed by atoms with Crippen molar-refractivity contribution in [2.75, 3.05) is 7.11 Å². The van der Waals surface area contributed by atoms with Crippen molar-refractivity contribution in [2.45, 2.75) is 66.1 Å². The first-order valence-corrected chi connectivity index (χ1v) is 12.2. The van der Waals surface area contributed by atoms with E-state index in [1.807, 2.05) is 39.0 Å². The van der Waals surface area contributed by atoms with Crippen molar-refractivity contribution in [2.24, 2.45) is 5.41 Å². The summed E-state index contributed by atoms with van der Waals surface area (Å²) in [6, 6.07) is 5.61. The van der Waals surface area contributed by atoms with E-state index in [-0.39, 0.29) is 23.0 Å². The maximum Gasteiger partial charge on any atom is 0.250 e. The van der Waals surface area contributed by atoms with Crippen LogP contribution in [0.25, 0.3) is 6.08 Å². The number of carbonyl (C=O) groups is 2. The summed E-state index contributed by atoms with van der Waals surface area (Å²) in [5.41, 5.74) is 0.320. The minimum Gasteiger partial charge on any atom is -0.541 e. The molecular weight excluding hydrogens is 356 g/mol. The van der Waals surface area contributed by atoms with Crippen LogP contribution in [0.1, 0.15) is 53.5 Å². The molecule has 5 heteroatoms. The fraction of sp³-hybridized carbons (Fsp3) is 0.545. The van der Waals surface area contributed by atoms with Crippen LogP contribution in [-0.4, -0.2) is 27.0 Å². The number of ether oxygens (including phenoxy) is 1. The minimum atomic E-state index is -1.97. The summed E-state index contributed by atoms with van der Waals surface area (Å²) in [7, 11) is -0.367. The third-order valence-electron chi connectivity index (χ3n) is 4.99. The highest BCUT2D eigenvalue weighted by Gasteiger charge is 2.39. The molecule has 1 aromatic carbocycles. The molecular formula is C22H34O4Si. The fourth-order valence-electron chi connectivity index (χ4n) is 1.97. The second kappa shape index (κ2) is 8.42. The normalized spacial score (nSPS) is 12.9. The Labute approximate surface area is 165 Å². The van der Waals surface area contributed by atoms with E-state index in [0.29, 0.717) is 5.75 Å². The van der Waals surface area contributed by atoms with Gasteiger partial charge < -0.3 is 9.16 Å². The van der Waals surface area contributed by atoms with E-state index in [9.17, 15) is 9.59 Å². The maximum absolute atomic E-state index is 12.0. The summed E-state index contributed by atoms with van der Waals surface area (Å²) >= 11 is 0. The molecule has 0 heterocycles. The van der Waals surface area contributed by atoms with Crippen LogP contribution in [0, 0.1) is 5.41 Å². The average Bonchev–Trinajstić information content (AvgIpc) is 2.51. The first-order valence-electron chi connectivity index (χ1n) is 9.28. The van der Waals surface area contributed by atoms with Gasteiger partial charge in [-0.25, -0.2) is 0 Å². The number of ketones is 2. The number of benzene rings is 1. The molecule has 0 radical (unpaired) electrons. The van der Waals surface area contributed by atoms with Crippen molar-refractivity contribution in [3.05, 3.63) is 29.8 Å². The lowest BCUT2D eigenvalue weighted by atomic mass is 9.88. The number of methoxy groups -OCH3 is 1. The molecule has 0 aliphatic carbocycles. The fourth-order valence-corrected chi connectivity index (χ4v) is 3.00. The van der Waals surface area contributed by atoms with Gasteiger partial charge >= 0.3 is 0 Å². The molecule has 0 saturated heterocycles. The van der Waals surface area contributed by atoms with Crippen LogP contribution >= 0.6 is 0 Å². The molecule has 0 fully saturated rings. The summed E-state index contributed by atoms with van der Waals surface area (Å²) in [5.74, 6) is 1.10. The van der Waals surface area contributed by atoms with Crippen LogP contribution < -0.4 is 9.16 Å².